The van der Waals surface area contributed by atoms with Gasteiger partial charge in [-0.25, -0.2) is 0 Å². The highest BCUT2D eigenvalue weighted by molar-refractivity contribution is 5.77. The Morgan fingerprint density at radius 1 is 1.32 bits per heavy atom. The Labute approximate surface area is 150 Å². The SMILES string of the molecule is CCn1cc(CN2CCC[C@@]3(CCC(=O)N(CCCO)C3)C2)c(C)n1. The average Bonchev–Trinajstić information content (AvgIpc) is 2.96. The van der Waals surface area contributed by atoms with E-state index in [0.29, 0.717) is 19.4 Å². The first-order valence-electron chi connectivity index (χ1n) is 9.69. The maximum Gasteiger partial charge on any atom is 0.222 e. The van der Waals surface area contributed by atoms with Crippen molar-refractivity contribution in [2.75, 3.05) is 32.8 Å². The molecule has 0 aromatic carbocycles. The summed E-state index contributed by atoms with van der Waals surface area (Å²) in [5, 5.41) is 13.7. The fourth-order valence-corrected chi connectivity index (χ4v) is 4.46. The summed E-state index contributed by atoms with van der Waals surface area (Å²) in [6.45, 7) is 9.97. The van der Waals surface area contributed by atoms with Crippen LogP contribution in [0.2, 0.25) is 0 Å². The largest absolute Gasteiger partial charge is 0.396 e. The summed E-state index contributed by atoms with van der Waals surface area (Å²) in [6.07, 6.45) is 6.93. The molecular weight excluding hydrogens is 316 g/mol. The molecule has 2 aliphatic heterocycles. The van der Waals surface area contributed by atoms with Crippen molar-refractivity contribution in [2.45, 2.75) is 59.0 Å². The number of amides is 1. The second-order valence-corrected chi connectivity index (χ2v) is 7.80. The molecule has 6 heteroatoms. The van der Waals surface area contributed by atoms with Crippen LogP contribution in [0.5, 0.6) is 0 Å². The molecule has 1 amide bonds. The molecule has 0 radical (unpaired) electrons. The number of hydrogen-bond acceptors (Lipinski definition) is 4. The number of aliphatic hydroxyl groups excluding tert-OH is 1. The van der Waals surface area contributed by atoms with E-state index in [1.54, 1.807) is 0 Å². The van der Waals surface area contributed by atoms with E-state index in [9.17, 15) is 4.79 Å². The molecule has 25 heavy (non-hydrogen) atoms. The van der Waals surface area contributed by atoms with Gasteiger partial charge in [0, 0.05) is 62.9 Å². The maximum atomic E-state index is 12.2. The van der Waals surface area contributed by atoms with E-state index in [1.165, 1.54) is 18.4 Å². The van der Waals surface area contributed by atoms with E-state index >= 15 is 0 Å². The molecule has 2 saturated heterocycles. The van der Waals surface area contributed by atoms with Crippen molar-refractivity contribution < 1.29 is 9.90 Å². The quantitative estimate of drug-likeness (QED) is 0.851. The van der Waals surface area contributed by atoms with Crippen molar-refractivity contribution in [3.8, 4) is 0 Å². The molecule has 1 aromatic heterocycles. The van der Waals surface area contributed by atoms with Crippen LogP contribution in [0.4, 0.5) is 0 Å². The monoisotopic (exact) mass is 348 g/mol. The number of aromatic nitrogens is 2. The molecule has 1 atom stereocenters. The standard InChI is InChI=1S/C19H32N4O2/c1-3-23-13-17(16(2)20-23)12-21-9-4-7-19(14-21)8-6-18(25)22(15-19)10-5-11-24/h13,24H,3-12,14-15H2,1-2H3/t19-/m1/s1. The lowest BCUT2D eigenvalue weighted by Gasteiger charge is -2.48. The minimum atomic E-state index is 0.156. The van der Waals surface area contributed by atoms with Crippen molar-refractivity contribution >= 4 is 5.91 Å². The van der Waals surface area contributed by atoms with E-state index in [4.69, 9.17) is 5.11 Å². The first-order chi connectivity index (χ1) is 12.0. The molecular formula is C19H32N4O2. The Kier molecular flexibility index (Phi) is 5.79. The van der Waals surface area contributed by atoms with Crippen LogP contribution in [-0.4, -0.2) is 63.4 Å². The lowest BCUT2D eigenvalue weighted by Crippen LogP contribution is -2.54. The van der Waals surface area contributed by atoms with Gasteiger partial charge in [0.05, 0.1) is 5.69 Å². The molecule has 140 valence electrons. The average molecular weight is 348 g/mol. The topological polar surface area (TPSA) is 61.6 Å². The Bertz CT molecular complexity index is 600. The molecule has 3 rings (SSSR count). The zero-order chi connectivity index (χ0) is 17.9. The third-order valence-corrected chi connectivity index (χ3v) is 5.84. The number of carbonyl (C=O) groups is 1. The predicted octanol–water partition coefficient (Wildman–Crippen LogP) is 1.80. The molecule has 1 N–H and O–H groups in total. The molecule has 3 heterocycles. The Morgan fingerprint density at radius 3 is 2.88 bits per heavy atom. The number of nitrogens with zero attached hydrogens (tertiary/aromatic N) is 4. The molecule has 2 aliphatic rings. The second-order valence-electron chi connectivity index (χ2n) is 7.80. The summed E-state index contributed by atoms with van der Waals surface area (Å²) in [4.78, 5) is 16.7. The number of likely N-dealkylation sites (tertiary alicyclic amines) is 2. The van der Waals surface area contributed by atoms with Crippen molar-refractivity contribution in [3.63, 3.8) is 0 Å². The Balaban J connectivity index is 1.65. The minimum absolute atomic E-state index is 0.156. The van der Waals surface area contributed by atoms with Crippen LogP contribution in [0.25, 0.3) is 0 Å². The van der Waals surface area contributed by atoms with E-state index in [1.807, 2.05) is 9.58 Å². The van der Waals surface area contributed by atoms with Crippen LogP contribution in [0, 0.1) is 12.3 Å². The first kappa shape index (κ1) is 18.4. The van der Waals surface area contributed by atoms with Gasteiger partial charge in [0.15, 0.2) is 0 Å². The van der Waals surface area contributed by atoms with E-state index in [0.717, 1.165) is 44.8 Å². The lowest BCUT2D eigenvalue weighted by atomic mass is 9.73. The van der Waals surface area contributed by atoms with Crippen molar-refractivity contribution in [1.29, 1.82) is 0 Å². The molecule has 1 aromatic rings. The third-order valence-electron chi connectivity index (χ3n) is 5.84. The fourth-order valence-electron chi connectivity index (χ4n) is 4.46. The van der Waals surface area contributed by atoms with Crippen LogP contribution in [-0.2, 0) is 17.9 Å². The maximum absolute atomic E-state index is 12.2. The summed E-state index contributed by atoms with van der Waals surface area (Å²) >= 11 is 0. The molecule has 0 bridgehead atoms. The molecule has 0 saturated carbocycles. The number of hydrogen-bond donors (Lipinski definition) is 1. The number of piperidine rings is 2. The van der Waals surface area contributed by atoms with Gasteiger partial charge >= 0.3 is 0 Å². The minimum Gasteiger partial charge on any atom is -0.396 e. The zero-order valence-corrected chi connectivity index (χ0v) is 15.7. The van der Waals surface area contributed by atoms with Gasteiger partial charge in [-0.1, -0.05) is 0 Å². The van der Waals surface area contributed by atoms with Crippen molar-refractivity contribution in [1.82, 2.24) is 19.6 Å². The summed E-state index contributed by atoms with van der Waals surface area (Å²) < 4.78 is 2.01. The Hall–Kier alpha value is -1.40. The lowest BCUT2D eigenvalue weighted by molar-refractivity contribution is -0.139. The normalized spacial score (nSPS) is 25.1. The number of aryl methyl sites for hydroxylation is 2. The summed E-state index contributed by atoms with van der Waals surface area (Å²) in [5.74, 6) is 0.260. The fraction of sp³-hybridized carbons (Fsp3) is 0.789. The number of rotatable bonds is 6. The predicted molar refractivity (Wildman–Crippen MR) is 97.1 cm³/mol. The van der Waals surface area contributed by atoms with Gasteiger partial charge in [-0.2, -0.15) is 5.10 Å². The van der Waals surface area contributed by atoms with E-state index < -0.39 is 0 Å². The van der Waals surface area contributed by atoms with Crippen LogP contribution in [0.15, 0.2) is 6.20 Å². The van der Waals surface area contributed by atoms with Crippen molar-refractivity contribution in [2.24, 2.45) is 5.41 Å². The smallest absolute Gasteiger partial charge is 0.222 e. The highest BCUT2D eigenvalue weighted by Crippen LogP contribution is 2.39. The van der Waals surface area contributed by atoms with Gasteiger partial charge in [0.1, 0.15) is 0 Å². The van der Waals surface area contributed by atoms with Gasteiger partial charge in [0.25, 0.3) is 0 Å². The van der Waals surface area contributed by atoms with Gasteiger partial charge in [0.2, 0.25) is 5.91 Å². The molecule has 0 unspecified atom stereocenters. The van der Waals surface area contributed by atoms with Crippen LogP contribution < -0.4 is 0 Å². The number of aliphatic hydroxyl groups is 1. The van der Waals surface area contributed by atoms with Gasteiger partial charge in [-0.3, -0.25) is 14.4 Å². The summed E-state index contributed by atoms with van der Waals surface area (Å²) in [7, 11) is 0. The van der Waals surface area contributed by atoms with Crippen LogP contribution in [0.1, 0.15) is 50.3 Å². The Morgan fingerprint density at radius 2 is 2.16 bits per heavy atom. The molecule has 1 spiro atoms. The van der Waals surface area contributed by atoms with E-state index in [-0.39, 0.29) is 17.9 Å². The van der Waals surface area contributed by atoms with Crippen LogP contribution >= 0.6 is 0 Å². The molecule has 6 nitrogen and oxygen atoms in total. The van der Waals surface area contributed by atoms with Crippen molar-refractivity contribution in [3.05, 3.63) is 17.5 Å². The highest BCUT2D eigenvalue weighted by Gasteiger charge is 2.41. The van der Waals surface area contributed by atoms with Gasteiger partial charge < -0.3 is 10.0 Å². The van der Waals surface area contributed by atoms with Gasteiger partial charge in [-0.15, -0.1) is 0 Å². The summed E-state index contributed by atoms with van der Waals surface area (Å²) in [5.41, 5.74) is 2.68. The summed E-state index contributed by atoms with van der Waals surface area (Å²) in [6, 6.07) is 0. The third kappa shape index (κ3) is 4.23. The zero-order valence-electron chi connectivity index (χ0n) is 15.7. The highest BCUT2D eigenvalue weighted by atomic mass is 16.3. The first-order valence-corrected chi connectivity index (χ1v) is 9.69. The number of carbonyl (C=O) groups excluding carboxylic acids is 1. The second kappa shape index (κ2) is 7.87. The van der Waals surface area contributed by atoms with Crippen LogP contribution in [0.3, 0.4) is 0 Å². The van der Waals surface area contributed by atoms with Gasteiger partial charge in [-0.05, 0) is 46.1 Å². The molecule has 2 fully saturated rings. The van der Waals surface area contributed by atoms with E-state index in [2.05, 4.69) is 30.0 Å². The molecule has 0 aliphatic carbocycles.